The second-order valence-electron chi connectivity index (χ2n) is 2.88. The normalized spacial score (nSPS) is 9.54. The fourth-order valence-corrected chi connectivity index (χ4v) is 0.654. The number of carbonyl (C=O) groups excluding carboxylic acids is 2. The molecule has 0 aromatic carbocycles. The summed E-state index contributed by atoms with van der Waals surface area (Å²) in [5.74, 6) is -0.219. The fourth-order valence-electron chi connectivity index (χ4n) is 0.654. The Kier molecular flexibility index (Phi) is 5.67. The molecule has 0 radical (unpaired) electrons. The van der Waals surface area contributed by atoms with Crippen molar-refractivity contribution in [1.29, 1.82) is 0 Å². The molecule has 0 heterocycles. The van der Waals surface area contributed by atoms with Crippen LogP contribution in [-0.2, 0) is 9.53 Å². The van der Waals surface area contributed by atoms with Crippen molar-refractivity contribution in [3.63, 3.8) is 0 Å². The standard InChI is InChI=1S/C8H16N2O3/c1-4-5-7(11)9-10-8(12)13-6(2)3/h6H,4-5H2,1-3H3,(H,9,11)(H,10,12). The van der Waals surface area contributed by atoms with E-state index in [1.54, 1.807) is 13.8 Å². The molecule has 2 N–H and O–H groups in total. The minimum Gasteiger partial charge on any atom is -0.446 e. The molecule has 0 aliphatic rings. The summed E-state index contributed by atoms with van der Waals surface area (Å²) >= 11 is 0. The Morgan fingerprint density at radius 3 is 2.38 bits per heavy atom. The molecule has 2 amide bonds. The predicted molar refractivity (Wildman–Crippen MR) is 47.8 cm³/mol. The maximum absolute atomic E-state index is 10.9. The van der Waals surface area contributed by atoms with Gasteiger partial charge in [-0.1, -0.05) is 6.92 Å². The van der Waals surface area contributed by atoms with Crippen LogP contribution in [0.3, 0.4) is 0 Å². The maximum Gasteiger partial charge on any atom is 0.426 e. The van der Waals surface area contributed by atoms with Gasteiger partial charge in [-0.25, -0.2) is 10.2 Å². The number of amides is 2. The zero-order valence-electron chi connectivity index (χ0n) is 8.22. The van der Waals surface area contributed by atoms with E-state index < -0.39 is 6.09 Å². The first-order chi connectivity index (χ1) is 6.06. The van der Waals surface area contributed by atoms with E-state index in [1.165, 1.54) is 0 Å². The van der Waals surface area contributed by atoms with Crippen molar-refractivity contribution >= 4 is 12.0 Å². The lowest BCUT2D eigenvalue weighted by atomic mass is 10.3. The van der Waals surface area contributed by atoms with Gasteiger partial charge in [-0.05, 0) is 20.3 Å². The summed E-state index contributed by atoms with van der Waals surface area (Å²) in [6.07, 6.45) is 0.303. The highest BCUT2D eigenvalue weighted by Crippen LogP contribution is 1.87. The van der Waals surface area contributed by atoms with Crippen LogP contribution in [0.2, 0.25) is 0 Å². The van der Waals surface area contributed by atoms with E-state index in [0.717, 1.165) is 6.42 Å². The van der Waals surface area contributed by atoms with Crippen molar-refractivity contribution < 1.29 is 14.3 Å². The van der Waals surface area contributed by atoms with E-state index >= 15 is 0 Å². The summed E-state index contributed by atoms with van der Waals surface area (Å²) in [6.45, 7) is 5.34. The van der Waals surface area contributed by atoms with Crippen LogP contribution >= 0.6 is 0 Å². The third-order valence-electron chi connectivity index (χ3n) is 1.12. The van der Waals surface area contributed by atoms with Gasteiger partial charge < -0.3 is 4.74 Å². The van der Waals surface area contributed by atoms with Gasteiger partial charge in [-0.2, -0.15) is 0 Å². The largest absolute Gasteiger partial charge is 0.446 e. The van der Waals surface area contributed by atoms with Crippen molar-refractivity contribution in [2.45, 2.75) is 39.7 Å². The summed E-state index contributed by atoms with van der Waals surface area (Å²) in [7, 11) is 0. The van der Waals surface area contributed by atoms with Gasteiger partial charge in [0.2, 0.25) is 5.91 Å². The molecule has 0 atom stereocenters. The van der Waals surface area contributed by atoms with Crippen molar-refractivity contribution in [3.8, 4) is 0 Å². The summed E-state index contributed by atoms with van der Waals surface area (Å²) < 4.78 is 4.71. The lowest BCUT2D eigenvalue weighted by Gasteiger charge is -2.09. The number of nitrogens with one attached hydrogen (secondary N) is 2. The van der Waals surface area contributed by atoms with Gasteiger partial charge in [0, 0.05) is 6.42 Å². The van der Waals surface area contributed by atoms with Crippen molar-refractivity contribution in [2.75, 3.05) is 0 Å². The van der Waals surface area contributed by atoms with Crippen LogP contribution in [0.25, 0.3) is 0 Å². The van der Waals surface area contributed by atoms with E-state index in [-0.39, 0.29) is 12.0 Å². The SMILES string of the molecule is CCCC(=O)NNC(=O)OC(C)C. The van der Waals surface area contributed by atoms with E-state index in [2.05, 4.69) is 10.9 Å². The number of hydrogen-bond donors (Lipinski definition) is 2. The van der Waals surface area contributed by atoms with Gasteiger partial charge in [0.25, 0.3) is 0 Å². The molecule has 13 heavy (non-hydrogen) atoms. The fraction of sp³-hybridized carbons (Fsp3) is 0.750. The van der Waals surface area contributed by atoms with Gasteiger partial charge in [0.15, 0.2) is 0 Å². The van der Waals surface area contributed by atoms with E-state index in [4.69, 9.17) is 4.74 Å². The van der Waals surface area contributed by atoms with Crippen molar-refractivity contribution in [3.05, 3.63) is 0 Å². The molecule has 0 aromatic heterocycles. The molecule has 0 unspecified atom stereocenters. The molecular formula is C8H16N2O3. The van der Waals surface area contributed by atoms with Gasteiger partial charge in [-0.15, -0.1) is 0 Å². The minimum absolute atomic E-state index is 0.192. The average Bonchev–Trinajstić information content (AvgIpc) is 2.00. The number of hydrogen-bond acceptors (Lipinski definition) is 3. The predicted octanol–water partition coefficient (Wildman–Crippen LogP) is 0.952. The highest BCUT2D eigenvalue weighted by Gasteiger charge is 2.05. The van der Waals surface area contributed by atoms with Crippen molar-refractivity contribution in [2.24, 2.45) is 0 Å². The van der Waals surface area contributed by atoms with Gasteiger partial charge in [0.05, 0.1) is 6.10 Å². The summed E-state index contributed by atoms with van der Waals surface area (Å²) in [5, 5.41) is 0. The Balaban J connectivity index is 3.52. The Hall–Kier alpha value is -1.26. The van der Waals surface area contributed by atoms with Crippen LogP contribution in [-0.4, -0.2) is 18.1 Å². The first-order valence-electron chi connectivity index (χ1n) is 4.31. The summed E-state index contributed by atoms with van der Waals surface area (Å²) in [5.41, 5.74) is 4.36. The van der Waals surface area contributed by atoms with Crippen LogP contribution in [0.5, 0.6) is 0 Å². The van der Waals surface area contributed by atoms with Crippen LogP contribution in [0.4, 0.5) is 4.79 Å². The molecule has 0 aliphatic carbocycles. The number of ether oxygens (including phenoxy) is 1. The average molecular weight is 188 g/mol. The molecule has 0 aliphatic heterocycles. The third kappa shape index (κ3) is 7.11. The second kappa shape index (κ2) is 6.28. The molecule has 0 spiro atoms. The van der Waals surface area contributed by atoms with Gasteiger partial charge in [0.1, 0.15) is 0 Å². The van der Waals surface area contributed by atoms with Gasteiger partial charge >= 0.3 is 6.09 Å². The second-order valence-corrected chi connectivity index (χ2v) is 2.88. The molecular weight excluding hydrogens is 172 g/mol. The highest BCUT2D eigenvalue weighted by atomic mass is 16.6. The molecule has 0 bridgehead atoms. The Labute approximate surface area is 77.8 Å². The first kappa shape index (κ1) is 11.7. The highest BCUT2D eigenvalue weighted by molar-refractivity contribution is 5.78. The molecule has 0 aromatic rings. The Bertz CT molecular complexity index is 180. The quantitative estimate of drug-likeness (QED) is 0.648. The van der Waals surface area contributed by atoms with Crippen LogP contribution < -0.4 is 10.9 Å². The lowest BCUT2D eigenvalue weighted by molar-refractivity contribution is -0.122. The molecule has 0 saturated heterocycles. The lowest BCUT2D eigenvalue weighted by Crippen LogP contribution is -2.42. The molecule has 5 heteroatoms. The summed E-state index contributed by atoms with van der Waals surface area (Å²) in [4.78, 5) is 21.7. The number of hydrazine groups is 1. The Morgan fingerprint density at radius 2 is 1.92 bits per heavy atom. The van der Waals surface area contributed by atoms with Crippen LogP contribution in [0.1, 0.15) is 33.6 Å². The Morgan fingerprint density at radius 1 is 1.31 bits per heavy atom. The molecule has 76 valence electrons. The monoisotopic (exact) mass is 188 g/mol. The van der Waals surface area contributed by atoms with Crippen LogP contribution in [0.15, 0.2) is 0 Å². The first-order valence-corrected chi connectivity index (χ1v) is 4.31. The number of carbonyl (C=O) groups is 2. The topological polar surface area (TPSA) is 67.4 Å². The minimum atomic E-state index is -0.639. The van der Waals surface area contributed by atoms with Crippen LogP contribution in [0, 0.1) is 0 Å². The molecule has 0 saturated carbocycles. The molecule has 5 nitrogen and oxygen atoms in total. The maximum atomic E-state index is 10.9. The van der Waals surface area contributed by atoms with E-state index in [9.17, 15) is 9.59 Å². The smallest absolute Gasteiger partial charge is 0.426 e. The summed E-state index contributed by atoms with van der Waals surface area (Å²) in [6, 6.07) is 0. The van der Waals surface area contributed by atoms with Gasteiger partial charge in [-0.3, -0.25) is 10.2 Å². The number of rotatable bonds is 3. The third-order valence-corrected chi connectivity index (χ3v) is 1.12. The molecule has 0 fully saturated rings. The molecule has 0 rings (SSSR count). The van der Waals surface area contributed by atoms with Crippen molar-refractivity contribution in [1.82, 2.24) is 10.9 Å². The zero-order chi connectivity index (χ0) is 10.3. The zero-order valence-corrected chi connectivity index (χ0v) is 8.22. The van der Waals surface area contributed by atoms with E-state index in [1.807, 2.05) is 6.92 Å². The van der Waals surface area contributed by atoms with E-state index in [0.29, 0.717) is 6.42 Å².